The maximum Gasteiger partial charge on any atom is 0.120 e. The van der Waals surface area contributed by atoms with Crippen molar-refractivity contribution in [3.8, 4) is 5.75 Å². The molecule has 1 heterocycles. The predicted molar refractivity (Wildman–Crippen MR) is 95.2 cm³/mol. The first-order valence-electron chi connectivity index (χ1n) is 7.43. The third-order valence-electron chi connectivity index (χ3n) is 3.70. The molecule has 4 nitrogen and oxygen atoms in total. The molecule has 3 rings (SSSR count). The lowest BCUT2D eigenvalue weighted by molar-refractivity contribution is 0.108. The van der Waals surface area contributed by atoms with Gasteiger partial charge in [0.25, 0.3) is 0 Å². The maximum atomic E-state index is 10.3. The summed E-state index contributed by atoms with van der Waals surface area (Å²) in [7, 11) is 0. The molecule has 0 fully saturated rings. The number of aliphatic hydroxyl groups excluding tert-OH is 1. The van der Waals surface area contributed by atoms with Crippen molar-refractivity contribution in [1.29, 1.82) is 0 Å². The minimum Gasteiger partial charge on any atom is -0.491 e. The molecular weight excluding hydrogens is 312 g/mol. The van der Waals surface area contributed by atoms with Gasteiger partial charge in [-0.1, -0.05) is 24.3 Å². The summed E-state index contributed by atoms with van der Waals surface area (Å²) in [5.74, 6) is 0.754. The number of nitrogens with one attached hydrogen (secondary N) is 1. The lowest BCUT2D eigenvalue weighted by Crippen LogP contribution is -2.10. The lowest BCUT2D eigenvalue weighted by Gasteiger charge is -2.14. The van der Waals surface area contributed by atoms with Gasteiger partial charge in [-0.05, 0) is 48.4 Å². The molecule has 0 spiro atoms. The van der Waals surface area contributed by atoms with Gasteiger partial charge in [0.05, 0.1) is 0 Å². The number of halogens is 1. The number of aromatic nitrogens is 1. The Labute approximate surface area is 141 Å². The summed E-state index contributed by atoms with van der Waals surface area (Å²) >= 11 is 0. The van der Waals surface area contributed by atoms with Crippen LogP contribution in [0.15, 0.2) is 54.7 Å². The second-order valence-corrected chi connectivity index (χ2v) is 5.34. The topological polar surface area (TPSA) is 71.3 Å². The summed E-state index contributed by atoms with van der Waals surface area (Å²) in [5, 5.41) is 11.4. The third kappa shape index (κ3) is 4.26. The fourth-order valence-electron chi connectivity index (χ4n) is 2.52. The molecule has 5 heteroatoms. The summed E-state index contributed by atoms with van der Waals surface area (Å²) in [6.07, 6.45) is 2.05. The van der Waals surface area contributed by atoms with Crippen LogP contribution in [0, 0.1) is 0 Å². The lowest BCUT2D eigenvalue weighted by atomic mass is 10.0. The SMILES string of the molecule is Cl.NCCc1cccc(C(O)COc2ccc3[nH]ccc3c2)c1. The molecule has 0 aliphatic heterocycles. The number of nitrogens with two attached hydrogens (primary N) is 1. The Morgan fingerprint density at radius 2 is 2.00 bits per heavy atom. The van der Waals surface area contributed by atoms with Crippen LogP contribution in [0.25, 0.3) is 10.9 Å². The van der Waals surface area contributed by atoms with Gasteiger partial charge in [-0.3, -0.25) is 0 Å². The number of fused-ring (bicyclic) bond motifs is 1. The van der Waals surface area contributed by atoms with Crippen LogP contribution in [0.4, 0.5) is 0 Å². The normalized spacial score (nSPS) is 11.9. The highest BCUT2D eigenvalue weighted by atomic mass is 35.5. The minimum absolute atomic E-state index is 0. The molecule has 0 amide bonds. The van der Waals surface area contributed by atoms with E-state index in [1.807, 2.05) is 54.7 Å². The molecule has 4 N–H and O–H groups in total. The van der Waals surface area contributed by atoms with E-state index < -0.39 is 6.10 Å². The monoisotopic (exact) mass is 332 g/mol. The van der Waals surface area contributed by atoms with Gasteiger partial charge < -0.3 is 20.6 Å². The van der Waals surface area contributed by atoms with Gasteiger partial charge in [0.15, 0.2) is 0 Å². The number of aromatic amines is 1. The van der Waals surface area contributed by atoms with Crippen LogP contribution in [0.2, 0.25) is 0 Å². The molecule has 122 valence electrons. The van der Waals surface area contributed by atoms with Crippen molar-refractivity contribution in [3.05, 3.63) is 65.9 Å². The number of hydrogen-bond donors (Lipinski definition) is 3. The van der Waals surface area contributed by atoms with Crippen molar-refractivity contribution < 1.29 is 9.84 Å². The van der Waals surface area contributed by atoms with E-state index in [-0.39, 0.29) is 19.0 Å². The fourth-order valence-corrected chi connectivity index (χ4v) is 2.52. The van der Waals surface area contributed by atoms with E-state index in [0.717, 1.165) is 34.2 Å². The van der Waals surface area contributed by atoms with E-state index in [2.05, 4.69) is 4.98 Å². The van der Waals surface area contributed by atoms with Crippen molar-refractivity contribution >= 4 is 23.3 Å². The van der Waals surface area contributed by atoms with Gasteiger partial charge in [0, 0.05) is 17.1 Å². The zero-order valence-electron chi connectivity index (χ0n) is 12.7. The molecule has 0 saturated carbocycles. The summed E-state index contributed by atoms with van der Waals surface area (Å²) in [6, 6.07) is 15.7. The highest BCUT2D eigenvalue weighted by Gasteiger charge is 2.09. The summed E-state index contributed by atoms with van der Waals surface area (Å²) < 4.78 is 5.71. The minimum atomic E-state index is -0.653. The first-order chi connectivity index (χ1) is 10.8. The molecule has 2 aromatic carbocycles. The van der Waals surface area contributed by atoms with Crippen LogP contribution >= 0.6 is 12.4 Å². The molecule has 0 aliphatic carbocycles. The third-order valence-corrected chi connectivity index (χ3v) is 3.70. The highest BCUT2D eigenvalue weighted by molar-refractivity contribution is 5.85. The second-order valence-electron chi connectivity index (χ2n) is 5.34. The van der Waals surface area contributed by atoms with E-state index in [0.29, 0.717) is 6.54 Å². The van der Waals surface area contributed by atoms with Crippen LogP contribution in [0.5, 0.6) is 5.75 Å². The van der Waals surface area contributed by atoms with Gasteiger partial charge in [-0.25, -0.2) is 0 Å². The average molecular weight is 333 g/mol. The molecule has 3 aromatic rings. The van der Waals surface area contributed by atoms with E-state index in [9.17, 15) is 5.11 Å². The van der Waals surface area contributed by atoms with Crippen molar-refractivity contribution in [3.63, 3.8) is 0 Å². The Kier molecular flexibility index (Phi) is 6.04. The summed E-state index contributed by atoms with van der Waals surface area (Å²) in [4.78, 5) is 3.14. The molecule has 0 saturated heterocycles. The maximum absolute atomic E-state index is 10.3. The van der Waals surface area contributed by atoms with Crippen molar-refractivity contribution in [1.82, 2.24) is 4.98 Å². The van der Waals surface area contributed by atoms with Crippen molar-refractivity contribution in [2.45, 2.75) is 12.5 Å². The average Bonchev–Trinajstić information content (AvgIpc) is 3.01. The largest absolute Gasteiger partial charge is 0.491 e. The Hall–Kier alpha value is -2.01. The standard InChI is InChI=1S/C18H20N2O2.ClH/c19-8-6-13-2-1-3-15(10-13)18(21)12-22-16-4-5-17-14(11-16)7-9-20-17;/h1-5,7,9-11,18,20-21H,6,8,12,19H2;1H. The van der Waals surface area contributed by atoms with Crippen molar-refractivity contribution in [2.75, 3.05) is 13.2 Å². The number of H-pyrrole nitrogens is 1. The molecular formula is C18H21ClN2O2. The Morgan fingerprint density at radius 1 is 1.13 bits per heavy atom. The van der Waals surface area contributed by atoms with Crippen LogP contribution in [-0.4, -0.2) is 23.2 Å². The van der Waals surface area contributed by atoms with Gasteiger partial charge in [-0.15, -0.1) is 12.4 Å². The molecule has 23 heavy (non-hydrogen) atoms. The zero-order chi connectivity index (χ0) is 15.4. The second kappa shape index (κ2) is 8.02. The first kappa shape index (κ1) is 17.3. The van der Waals surface area contributed by atoms with E-state index in [4.69, 9.17) is 10.5 Å². The fraction of sp³-hybridized carbons (Fsp3) is 0.222. The van der Waals surface area contributed by atoms with Crippen LogP contribution in [0.3, 0.4) is 0 Å². The van der Waals surface area contributed by atoms with Crippen LogP contribution in [-0.2, 0) is 6.42 Å². The number of ether oxygens (including phenoxy) is 1. The first-order valence-corrected chi connectivity index (χ1v) is 7.43. The Morgan fingerprint density at radius 3 is 2.83 bits per heavy atom. The zero-order valence-corrected chi connectivity index (χ0v) is 13.6. The van der Waals surface area contributed by atoms with Crippen molar-refractivity contribution in [2.24, 2.45) is 5.73 Å². The quantitative estimate of drug-likeness (QED) is 0.649. The smallest absolute Gasteiger partial charge is 0.120 e. The van der Waals surface area contributed by atoms with E-state index >= 15 is 0 Å². The number of rotatable bonds is 6. The van der Waals surface area contributed by atoms with Gasteiger partial charge in [0.1, 0.15) is 18.5 Å². The molecule has 1 unspecified atom stereocenters. The van der Waals surface area contributed by atoms with Gasteiger partial charge >= 0.3 is 0 Å². The molecule has 1 atom stereocenters. The Balaban J connectivity index is 0.00000192. The molecule has 1 aromatic heterocycles. The number of aliphatic hydroxyl groups is 1. The Bertz CT molecular complexity index is 757. The number of hydrogen-bond acceptors (Lipinski definition) is 3. The van der Waals surface area contributed by atoms with Crippen LogP contribution < -0.4 is 10.5 Å². The van der Waals surface area contributed by atoms with Gasteiger partial charge in [0.2, 0.25) is 0 Å². The van der Waals surface area contributed by atoms with Crippen LogP contribution in [0.1, 0.15) is 17.2 Å². The molecule has 0 radical (unpaired) electrons. The number of benzene rings is 2. The van der Waals surface area contributed by atoms with E-state index in [1.54, 1.807) is 0 Å². The highest BCUT2D eigenvalue weighted by Crippen LogP contribution is 2.22. The molecule has 0 bridgehead atoms. The molecule has 0 aliphatic rings. The summed E-state index contributed by atoms with van der Waals surface area (Å²) in [6.45, 7) is 0.828. The predicted octanol–water partition coefficient (Wildman–Crippen LogP) is 3.20. The van der Waals surface area contributed by atoms with Gasteiger partial charge in [-0.2, -0.15) is 0 Å². The summed E-state index contributed by atoms with van der Waals surface area (Å²) in [5.41, 5.74) is 8.63. The van der Waals surface area contributed by atoms with E-state index in [1.165, 1.54) is 0 Å².